The van der Waals surface area contributed by atoms with E-state index in [4.69, 9.17) is 0 Å². The van der Waals surface area contributed by atoms with E-state index in [9.17, 15) is 5.11 Å². The van der Waals surface area contributed by atoms with Crippen LogP contribution in [0.15, 0.2) is 23.8 Å². The van der Waals surface area contributed by atoms with Gasteiger partial charge in [-0.3, -0.25) is 0 Å². The zero-order chi connectivity index (χ0) is 7.19. The van der Waals surface area contributed by atoms with Gasteiger partial charge in [0.15, 0.2) is 0 Å². The van der Waals surface area contributed by atoms with Gasteiger partial charge in [-0.25, -0.2) is 0 Å². The minimum Gasteiger partial charge on any atom is -0.374 e. The van der Waals surface area contributed by atoms with E-state index in [0.29, 0.717) is 5.25 Å². The Morgan fingerprint density at radius 2 is 2.60 bits per heavy atom. The molecule has 2 aliphatic rings. The number of thioether (sulfide) groups is 1. The second kappa shape index (κ2) is 2.06. The summed E-state index contributed by atoms with van der Waals surface area (Å²) in [5, 5.41) is 9.77. The second-order valence-corrected chi connectivity index (χ2v) is 4.24. The summed E-state index contributed by atoms with van der Waals surface area (Å²) in [4.78, 5) is -0.549. The summed E-state index contributed by atoms with van der Waals surface area (Å²) in [6, 6.07) is 0. The highest BCUT2D eigenvalue weighted by atomic mass is 32.2. The van der Waals surface area contributed by atoms with E-state index in [2.05, 4.69) is 18.7 Å². The zero-order valence-corrected chi connectivity index (χ0v) is 7.03. The molecule has 1 heterocycles. The fourth-order valence-corrected chi connectivity index (χ4v) is 2.12. The molecule has 1 aliphatic carbocycles. The van der Waals surface area contributed by atoms with Gasteiger partial charge in [-0.15, -0.1) is 11.8 Å². The molecule has 0 saturated carbocycles. The Labute approximate surface area is 69.6 Å². The van der Waals surface area contributed by atoms with Crippen LogP contribution in [0.25, 0.3) is 0 Å². The highest BCUT2D eigenvalue weighted by molar-refractivity contribution is 8.08. The first-order chi connectivity index (χ1) is 4.74. The molecular weight excluding hydrogens is 164 g/mol. The number of aliphatic hydroxyl groups is 1. The van der Waals surface area contributed by atoms with Crippen LogP contribution in [0.5, 0.6) is 0 Å². The van der Waals surface area contributed by atoms with Crippen molar-refractivity contribution in [2.45, 2.75) is 10.2 Å². The third-order valence-electron chi connectivity index (χ3n) is 1.75. The van der Waals surface area contributed by atoms with Gasteiger partial charge in [0.05, 0.1) is 5.25 Å². The van der Waals surface area contributed by atoms with E-state index in [1.807, 2.05) is 12.2 Å². The largest absolute Gasteiger partial charge is 0.374 e. The van der Waals surface area contributed by atoms with E-state index in [-0.39, 0.29) is 0 Å². The van der Waals surface area contributed by atoms with Crippen molar-refractivity contribution in [2.75, 3.05) is 5.75 Å². The molecule has 0 spiro atoms. The molecule has 0 aromatic heterocycles. The Kier molecular flexibility index (Phi) is 1.41. The predicted octanol–water partition coefficient (Wildman–Crippen LogP) is 1.22. The van der Waals surface area contributed by atoms with Crippen molar-refractivity contribution >= 4 is 24.4 Å². The Hall–Kier alpha value is 0.140. The lowest BCUT2D eigenvalue weighted by Crippen LogP contribution is -2.11. The monoisotopic (exact) mass is 172 g/mol. The summed E-state index contributed by atoms with van der Waals surface area (Å²) in [6.45, 7) is 0. The van der Waals surface area contributed by atoms with Crippen molar-refractivity contribution in [3.8, 4) is 0 Å². The minimum atomic E-state index is -0.549. The average Bonchev–Trinajstić information content (AvgIpc) is 2.59. The molecule has 2 atom stereocenters. The molecule has 54 valence electrons. The Bertz CT molecular complexity index is 222. The maximum Gasteiger partial charge on any atom is 0.145 e. The summed E-state index contributed by atoms with van der Waals surface area (Å²) < 4.78 is 0. The fraction of sp³-hybridized carbons (Fsp3) is 0.429. The normalized spacial score (nSPS) is 42.6. The topological polar surface area (TPSA) is 20.2 Å². The van der Waals surface area contributed by atoms with Gasteiger partial charge in [0, 0.05) is 5.75 Å². The van der Waals surface area contributed by atoms with E-state index in [1.54, 1.807) is 11.8 Å². The van der Waals surface area contributed by atoms with Crippen molar-refractivity contribution in [1.82, 2.24) is 0 Å². The molecule has 3 heteroatoms. The highest BCUT2D eigenvalue weighted by Gasteiger charge is 2.52. The number of allylic oxidation sites excluding steroid dienone is 1. The molecule has 2 rings (SSSR count). The molecular formula is C7H8OS2. The summed E-state index contributed by atoms with van der Waals surface area (Å²) in [5.74, 6) is 0.768. The van der Waals surface area contributed by atoms with Crippen LogP contribution in [0.3, 0.4) is 0 Å². The number of fused-ring (bicyclic) bond motifs is 1. The third kappa shape index (κ3) is 0.929. The van der Waals surface area contributed by atoms with Crippen LogP contribution in [0.2, 0.25) is 0 Å². The highest BCUT2D eigenvalue weighted by Crippen LogP contribution is 2.55. The zero-order valence-electron chi connectivity index (χ0n) is 5.32. The molecule has 0 aromatic rings. The van der Waals surface area contributed by atoms with Crippen molar-refractivity contribution in [3.63, 3.8) is 0 Å². The standard InChI is InChI=1S/C7H8OS2/c8-7-2-1-5(4-9)3-6(7)10-7/h1-3,6,8-9H,4H2. The first kappa shape index (κ1) is 6.83. The minimum absolute atomic E-state index is 0.305. The van der Waals surface area contributed by atoms with Gasteiger partial charge in [-0.1, -0.05) is 12.2 Å². The maximum absolute atomic E-state index is 9.47. The molecule has 0 amide bonds. The Balaban J connectivity index is 2.20. The van der Waals surface area contributed by atoms with Gasteiger partial charge in [0.1, 0.15) is 4.93 Å². The summed E-state index contributed by atoms with van der Waals surface area (Å²) in [6.07, 6.45) is 5.88. The molecule has 1 N–H and O–H groups in total. The number of thiol groups is 1. The van der Waals surface area contributed by atoms with Crippen molar-refractivity contribution in [3.05, 3.63) is 23.8 Å². The van der Waals surface area contributed by atoms with Crippen LogP contribution in [0.4, 0.5) is 0 Å². The molecule has 1 aliphatic heterocycles. The van der Waals surface area contributed by atoms with E-state index >= 15 is 0 Å². The van der Waals surface area contributed by atoms with E-state index < -0.39 is 4.93 Å². The Morgan fingerprint density at radius 1 is 1.80 bits per heavy atom. The molecule has 0 aromatic carbocycles. The maximum atomic E-state index is 9.47. The number of hydrogen-bond acceptors (Lipinski definition) is 3. The molecule has 10 heavy (non-hydrogen) atoms. The van der Waals surface area contributed by atoms with Crippen LogP contribution in [-0.4, -0.2) is 21.0 Å². The molecule has 1 fully saturated rings. The first-order valence-corrected chi connectivity index (χ1v) is 4.67. The quantitative estimate of drug-likeness (QED) is 0.458. The summed E-state index contributed by atoms with van der Waals surface area (Å²) in [7, 11) is 0. The van der Waals surface area contributed by atoms with Crippen LogP contribution in [0, 0.1) is 0 Å². The van der Waals surface area contributed by atoms with E-state index in [1.165, 1.54) is 5.57 Å². The van der Waals surface area contributed by atoms with Crippen LogP contribution < -0.4 is 0 Å². The van der Waals surface area contributed by atoms with Crippen molar-refractivity contribution in [2.24, 2.45) is 0 Å². The van der Waals surface area contributed by atoms with Crippen LogP contribution in [0.1, 0.15) is 0 Å². The predicted molar refractivity (Wildman–Crippen MR) is 47.4 cm³/mol. The lowest BCUT2D eigenvalue weighted by atomic mass is 10.1. The number of rotatable bonds is 1. The summed E-state index contributed by atoms with van der Waals surface area (Å²) >= 11 is 5.72. The van der Waals surface area contributed by atoms with Crippen molar-refractivity contribution in [1.29, 1.82) is 0 Å². The van der Waals surface area contributed by atoms with Crippen LogP contribution >= 0.6 is 24.4 Å². The van der Waals surface area contributed by atoms with E-state index in [0.717, 1.165) is 5.75 Å². The van der Waals surface area contributed by atoms with Gasteiger partial charge in [0.25, 0.3) is 0 Å². The van der Waals surface area contributed by atoms with Gasteiger partial charge in [-0.2, -0.15) is 12.6 Å². The average molecular weight is 172 g/mol. The van der Waals surface area contributed by atoms with Gasteiger partial charge >= 0.3 is 0 Å². The second-order valence-electron chi connectivity index (χ2n) is 2.52. The van der Waals surface area contributed by atoms with Gasteiger partial charge in [-0.05, 0) is 11.6 Å². The summed E-state index contributed by atoms with van der Waals surface area (Å²) in [5.41, 5.74) is 1.21. The smallest absolute Gasteiger partial charge is 0.145 e. The van der Waals surface area contributed by atoms with Crippen LogP contribution in [-0.2, 0) is 0 Å². The fourth-order valence-electron chi connectivity index (χ4n) is 1.04. The lowest BCUT2D eigenvalue weighted by molar-refractivity contribution is 0.228. The van der Waals surface area contributed by atoms with Crippen molar-refractivity contribution < 1.29 is 5.11 Å². The first-order valence-electron chi connectivity index (χ1n) is 3.15. The lowest BCUT2D eigenvalue weighted by Gasteiger charge is -2.05. The molecule has 0 radical (unpaired) electrons. The Morgan fingerprint density at radius 3 is 3.20 bits per heavy atom. The SMILES string of the molecule is OC12C=CC(CS)=CC1S2. The molecule has 0 bridgehead atoms. The molecule has 1 saturated heterocycles. The molecule has 2 unspecified atom stereocenters. The molecule has 1 nitrogen and oxygen atoms in total. The number of hydrogen-bond donors (Lipinski definition) is 2. The van der Waals surface area contributed by atoms with Gasteiger partial charge in [0.2, 0.25) is 0 Å². The third-order valence-corrected chi connectivity index (χ3v) is 3.38. The van der Waals surface area contributed by atoms with Gasteiger partial charge < -0.3 is 5.11 Å².